The molecule has 0 radical (unpaired) electrons. The van der Waals surface area contributed by atoms with E-state index in [9.17, 15) is 4.79 Å². The smallest absolute Gasteiger partial charge is 0.334 e. The summed E-state index contributed by atoms with van der Waals surface area (Å²) in [6, 6.07) is 11.3. The van der Waals surface area contributed by atoms with Crippen molar-refractivity contribution >= 4 is 12.0 Å². The van der Waals surface area contributed by atoms with Crippen LogP contribution in [0.3, 0.4) is 0 Å². The topological polar surface area (TPSA) is 63.2 Å². The van der Waals surface area contributed by atoms with Crippen molar-refractivity contribution in [1.29, 1.82) is 0 Å². The maximum absolute atomic E-state index is 12.3. The first-order valence-corrected chi connectivity index (χ1v) is 8.91. The second-order valence-corrected chi connectivity index (χ2v) is 6.40. The van der Waals surface area contributed by atoms with Crippen LogP contribution in [0.1, 0.15) is 11.1 Å². The highest BCUT2D eigenvalue weighted by Crippen LogP contribution is 2.33. The van der Waals surface area contributed by atoms with E-state index >= 15 is 0 Å². The molecular weight excluding hydrogens is 360 g/mol. The van der Waals surface area contributed by atoms with Gasteiger partial charge in [0.15, 0.2) is 23.0 Å². The van der Waals surface area contributed by atoms with Crippen molar-refractivity contribution in [2.75, 3.05) is 35.0 Å². The van der Waals surface area contributed by atoms with Crippen molar-refractivity contribution in [3.63, 3.8) is 0 Å². The van der Waals surface area contributed by atoms with E-state index in [-0.39, 0.29) is 11.9 Å². The van der Waals surface area contributed by atoms with Crippen molar-refractivity contribution in [2.24, 2.45) is 5.92 Å². The van der Waals surface area contributed by atoms with Gasteiger partial charge in [-0.25, -0.2) is 4.79 Å². The normalized spacial score (nSPS) is 17.4. The van der Waals surface area contributed by atoms with E-state index in [1.54, 1.807) is 28.4 Å². The first kappa shape index (κ1) is 19.6. The quantitative estimate of drug-likeness (QED) is 0.538. The van der Waals surface area contributed by atoms with Gasteiger partial charge in [-0.1, -0.05) is 12.1 Å². The Hall–Kier alpha value is -3.15. The second-order valence-electron chi connectivity index (χ2n) is 6.40. The molecule has 148 valence electrons. The van der Waals surface area contributed by atoms with E-state index < -0.39 is 0 Å². The Kier molecular flexibility index (Phi) is 6.09. The average molecular weight is 384 g/mol. The Morgan fingerprint density at radius 3 is 2.14 bits per heavy atom. The van der Waals surface area contributed by atoms with Crippen molar-refractivity contribution in [3.8, 4) is 23.0 Å². The van der Waals surface area contributed by atoms with E-state index in [0.717, 1.165) is 11.1 Å². The Morgan fingerprint density at radius 1 is 0.893 bits per heavy atom. The largest absolute Gasteiger partial charge is 0.493 e. The standard InChI is InChI=1S/C22H24O6/c1-24-18-7-5-14(11-20(18)26-3)9-16-13-28-22(23)17(16)10-15-6-8-19(25-2)21(12-15)27-4/h5-8,10-12,16H,9,13H2,1-4H3/b17-10-/t16-/m0/s1. The molecule has 0 bridgehead atoms. The van der Waals surface area contributed by atoms with E-state index in [2.05, 4.69) is 0 Å². The van der Waals surface area contributed by atoms with Crippen molar-refractivity contribution < 1.29 is 28.5 Å². The lowest BCUT2D eigenvalue weighted by Gasteiger charge is -2.12. The molecular formula is C22H24O6. The maximum Gasteiger partial charge on any atom is 0.334 e. The van der Waals surface area contributed by atoms with Crippen LogP contribution in [-0.4, -0.2) is 41.0 Å². The van der Waals surface area contributed by atoms with Crippen LogP contribution in [0.5, 0.6) is 23.0 Å². The fraction of sp³-hybridized carbons (Fsp3) is 0.318. The lowest BCUT2D eigenvalue weighted by molar-refractivity contribution is -0.135. The monoisotopic (exact) mass is 384 g/mol. The van der Waals surface area contributed by atoms with Crippen LogP contribution >= 0.6 is 0 Å². The van der Waals surface area contributed by atoms with Crippen LogP contribution in [0.4, 0.5) is 0 Å². The zero-order chi connectivity index (χ0) is 20.1. The number of cyclic esters (lactones) is 1. The molecule has 0 spiro atoms. The molecule has 1 aliphatic rings. The molecule has 0 N–H and O–H groups in total. The molecule has 2 aromatic carbocycles. The lowest BCUT2D eigenvalue weighted by Crippen LogP contribution is -2.08. The SMILES string of the molecule is COc1ccc(/C=C2\C(=O)OC[C@@H]2Cc2ccc(OC)c(OC)c2)cc1OC. The van der Waals surface area contributed by atoms with E-state index in [4.69, 9.17) is 23.7 Å². The minimum atomic E-state index is -0.291. The molecule has 1 saturated heterocycles. The number of carbonyl (C=O) groups is 1. The molecule has 6 nitrogen and oxygen atoms in total. The number of ether oxygens (including phenoxy) is 5. The summed E-state index contributed by atoms with van der Waals surface area (Å²) in [5.74, 6) is 2.25. The number of benzene rings is 2. The molecule has 1 aliphatic heterocycles. The van der Waals surface area contributed by atoms with Gasteiger partial charge < -0.3 is 23.7 Å². The molecule has 6 heteroatoms. The highest BCUT2D eigenvalue weighted by molar-refractivity contribution is 5.96. The number of hydrogen-bond donors (Lipinski definition) is 0. The summed E-state index contributed by atoms with van der Waals surface area (Å²) in [6.45, 7) is 0.353. The highest BCUT2D eigenvalue weighted by atomic mass is 16.5. The Morgan fingerprint density at radius 2 is 1.50 bits per heavy atom. The van der Waals surface area contributed by atoms with Crippen LogP contribution in [0.15, 0.2) is 42.0 Å². The van der Waals surface area contributed by atoms with Gasteiger partial charge in [-0.15, -0.1) is 0 Å². The highest BCUT2D eigenvalue weighted by Gasteiger charge is 2.30. The fourth-order valence-electron chi connectivity index (χ4n) is 3.28. The molecule has 0 aliphatic carbocycles. The van der Waals surface area contributed by atoms with Crippen LogP contribution in [0.2, 0.25) is 0 Å². The molecule has 1 fully saturated rings. The number of carbonyl (C=O) groups excluding carboxylic acids is 1. The summed E-state index contributed by atoms with van der Waals surface area (Å²) < 4.78 is 26.6. The minimum Gasteiger partial charge on any atom is -0.493 e. The fourth-order valence-corrected chi connectivity index (χ4v) is 3.28. The van der Waals surface area contributed by atoms with Gasteiger partial charge in [-0.2, -0.15) is 0 Å². The number of hydrogen-bond acceptors (Lipinski definition) is 6. The van der Waals surface area contributed by atoms with Crippen LogP contribution in [-0.2, 0) is 16.0 Å². The first-order chi connectivity index (χ1) is 13.6. The second kappa shape index (κ2) is 8.69. The molecule has 1 heterocycles. The van der Waals surface area contributed by atoms with Crippen molar-refractivity contribution in [3.05, 3.63) is 53.1 Å². The zero-order valence-corrected chi connectivity index (χ0v) is 16.5. The Balaban J connectivity index is 1.86. The minimum absolute atomic E-state index is 0.0429. The van der Waals surface area contributed by atoms with Gasteiger partial charge in [-0.3, -0.25) is 0 Å². The summed E-state index contributed by atoms with van der Waals surface area (Å²) in [5, 5.41) is 0. The first-order valence-electron chi connectivity index (χ1n) is 8.91. The van der Waals surface area contributed by atoms with Gasteiger partial charge in [0.1, 0.15) is 0 Å². The summed E-state index contributed by atoms with van der Waals surface area (Å²) in [5.41, 5.74) is 2.53. The number of esters is 1. The van der Waals surface area contributed by atoms with E-state index in [0.29, 0.717) is 41.6 Å². The van der Waals surface area contributed by atoms with Gasteiger partial charge in [0.25, 0.3) is 0 Å². The molecule has 3 rings (SSSR count). The third-order valence-electron chi connectivity index (χ3n) is 4.75. The summed E-state index contributed by atoms with van der Waals surface area (Å²) in [7, 11) is 6.37. The van der Waals surface area contributed by atoms with E-state index in [1.807, 2.05) is 42.5 Å². The zero-order valence-electron chi connectivity index (χ0n) is 16.5. The number of methoxy groups -OCH3 is 4. The van der Waals surface area contributed by atoms with Crippen LogP contribution in [0, 0.1) is 5.92 Å². The van der Waals surface area contributed by atoms with Gasteiger partial charge >= 0.3 is 5.97 Å². The van der Waals surface area contributed by atoms with Crippen LogP contribution < -0.4 is 18.9 Å². The lowest BCUT2D eigenvalue weighted by atomic mass is 9.92. The molecule has 28 heavy (non-hydrogen) atoms. The van der Waals surface area contributed by atoms with Crippen LogP contribution in [0.25, 0.3) is 6.08 Å². The average Bonchev–Trinajstić information content (AvgIpc) is 3.06. The Labute approximate surface area is 164 Å². The third-order valence-corrected chi connectivity index (χ3v) is 4.75. The third kappa shape index (κ3) is 4.06. The summed E-state index contributed by atoms with van der Waals surface area (Å²) >= 11 is 0. The summed E-state index contributed by atoms with van der Waals surface area (Å²) in [4.78, 5) is 12.3. The van der Waals surface area contributed by atoms with Crippen molar-refractivity contribution in [1.82, 2.24) is 0 Å². The predicted octanol–water partition coefficient (Wildman–Crippen LogP) is 3.52. The molecule has 2 aromatic rings. The summed E-state index contributed by atoms with van der Waals surface area (Å²) in [6.07, 6.45) is 2.51. The maximum atomic E-state index is 12.3. The van der Waals surface area contributed by atoms with Gasteiger partial charge in [0.05, 0.1) is 35.0 Å². The van der Waals surface area contributed by atoms with E-state index in [1.165, 1.54) is 0 Å². The Bertz CT molecular complexity index is 887. The molecule has 0 saturated carbocycles. The van der Waals surface area contributed by atoms with Gasteiger partial charge in [0, 0.05) is 11.5 Å². The molecule has 0 unspecified atom stereocenters. The predicted molar refractivity (Wildman–Crippen MR) is 105 cm³/mol. The van der Waals surface area contributed by atoms with Gasteiger partial charge in [0.2, 0.25) is 0 Å². The molecule has 1 atom stereocenters. The molecule has 0 amide bonds. The molecule has 0 aromatic heterocycles. The number of rotatable bonds is 7. The van der Waals surface area contributed by atoms with Gasteiger partial charge in [-0.05, 0) is 47.9 Å². The van der Waals surface area contributed by atoms with Crippen molar-refractivity contribution in [2.45, 2.75) is 6.42 Å².